The second-order valence-electron chi connectivity index (χ2n) is 4.57. The van der Waals surface area contributed by atoms with Gasteiger partial charge in [-0.2, -0.15) is 13.2 Å². The highest BCUT2D eigenvalue weighted by Crippen LogP contribution is 2.56. The molecule has 1 aliphatic carbocycles. The van der Waals surface area contributed by atoms with Gasteiger partial charge in [0.1, 0.15) is 0 Å². The van der Waals surface area contributed by atoms with Crippen LogP contribution in [-0.2, 0) is 18.9 Å². The van der Waals surface area contributed by atoms with Gasteiger partial charge in [-0.05, 0) is 13.5 Å². The first-order chi connectivity index (χ1) is 8.27. The van der Waals surface area contributed by atoms with Crippen molar-refractivity contribution in [3.63, 3.8) is 0 Å². The summed E-state index contributed by atoms with van der Waals surface area (Å²) in [5, 5.41) is 0. The van der Waals surface area contributed by atoms with Crippen LogP contribution in [0.15, 0.2) is 0 Å². The summed E-state index contributed by atoms with van der Waals surface area (Å²) < 4.78 is 46.7. The molecule has 1 heterocycles. The summed E-state index contributed by atoms with van der Waals surface area (Å²) in [5.74, 6) is -3.91. The summed E-state index contributed by atoms with van der Waals surface area (Å²) in [4.78, 5) is 24.0. The molecule has 18 heavy (non-hydrogen) atoms. The Labute approximate surface area is 101 Å². The van der Waals surface area contributed by atoms with Gasteiger partial charge in [0.2, 0.25) is 0 Å². The summed E-state index contributed by atoms with van der Waals surface area (Å²) in [6, 6.07) is 0. The third-order valence-electron chi connectivity index (χ3n) is 2.90. The first-order valence-corrected chi connectivity index (χ1v) is 5.41. The molecule has 100 valence electrons. The Hall–Kier alpha value is -1.25. The lowest BCUT2D eigenvalue weighted by Gasteiger charge is -2.22. The zero-order valence-corrected chi connectivity index (χ0v) is 9.57. The fraction of sp³-hybridized carbons (Fsp3) is 0.778. The number of alkyl halides is 3. The molecule has 2 rings (SSSR count). The largest absolute Gasteiger partial charge is 0.602 e. The highest BCUT2D eigenvalue weighted by Gasteiger charge is 2.64. The number of carbonyl (C=O) groups is 2. The van der Waals surface area contributed by atoms with E-state index in [4.69, 9.17) is 9.31 Å². The third kappa shape index (κ3) is 2.95. The first kappa shape index (κ1) is 13.2. The Morgan fingerprint density at radius 1 is 1.22 bits per heavy atom. The second kappa shape index (κ2) is 4.45. The monoisotopic (exact) mass is 265 g/mol. The SMILES string of the molecule is CN1CC(=O)OB([C@@H]2C[C@H]2C(F)(F)F)OC(=O)C1. The first-order valence-electron chi connectivity index (χ1n) is 5.41. The lowest BCUT2D eigenvalue weighted by molar-refractivity contribution is -0.152. The van der Waals surface area contributed by atoms with Gasteiger partial charge >= 0.3 is 25.2 Å². The number of carbonyl (C=O) groups excluding carboxylic acids is 2. The summed E-state index contributed by atoms with van der Waals surface area (Å²) in [7, 11) is 0.101. The summed E-state index contributed by atoms with van der Waals surface area (Å²) in [6.45, 7) is -0.288. The molecule has 0 amide bonds. The Bertz CT molecular complexity index is 355. The van der Waals surface area contributed by atoms with Crippen LogP contribution in [0.25, 0.3) is 0 Å². The average Bonchev–Trinajstić information content (AvgIpc) is 2.91. The molecule has 1 saturated heterocycles. The standard InChI is InChI=1S/C9H11BF3NO4/c1-14-3-7(15)17-10(18-8(16)4-14)6-2-5(6)9(11,12)13/h5-6H,2-4H2,1H3/t5-,6-/m1/s1. The van der Waals surface area contributed by atoms with E-state index in [9.17, 15) is 22.8 Å². The minimum Gasteiger partial charge on any atom is -0.498 e. The number of halogens is 3. The molecular formula is C9H11BF3NO4. The van der Waals surface area contributed by atoms with Gasteiger partial charge in [-0.1, -0.05) is 0 Å². The van der Waals surface area contributed by atoms with Crippen molar-refractivity contribution in [1.29, 1.82) is 0 Å². The van der Waals surface area contributed by atoms with Crippen LogP contribution in [0.2, 0.25) is 5.82 Å². The number of hydrogen-bond donors (Lipinski definition) is 0. The summed E-state index contributed by atoms with van der Waals surface area (Å²) in [6.07, 6.45) is -4.52. The van der Waals surface area contributed by atoms with E-state index < -0.39 is 37.0 Å². The Kier molecular flexibility index (Phi) is 3.26. The van der Waals surface area contributed by atoms with Crippen molar-refractivity contribution in [3.8, 4) is 0 Å². The van der Waals surface area contributed by atoms with Gasteiger partial charge in [0.05, 0.1) is 19.0 Å². The predicted molar refractivity (Wildman–Crippen MR) is 53.3 cm³/mol. The zero-order valence-electron chi connectivity index (χ0n) is 9.57. The Morgan fingerprint density at radius 2 is 1.72 bits per heavy atom. The molecule has 0 N–H and O–H groups in total. The molecule has 0 unspecified atom stereocenters. The van der Waals surface area contributed by atoms with Crippen LogP contribution in [0, 0.1) is 5.92 Å². The molecule has 9 heteroatoms. The van der Waals surface area contributed by atoms with Crippen LogP contribution in [0.1, 0.15) is 6.42 Å². The van der Waals surface area contributed by atoms with Gasteiger partial charge in [-0.15, -0.1) is 0 Å². The lowest BCUT2D eigenvalue weighted by atomic mass is 9.80. The van der Waals surface area contributed by atoms with E-state index in [-0.39, 0.29) is 19.5 Å². The smallest absolute Gasteiger partial charge is 0.498 e. The summed E-state index contributed by atoms with van der Waals surface area (Å²) >= 11 is 0. The minimum atomic E-state index is -4.34. The molecule has 5 nitrogen and oxygen atoms in total. The van der Waals surface area contributed by atoms with E-state index in [0.717, 1.165) is 0 Å². The molecule has 0 aromatic rings. The van der Waals surface area contributed by atoms with Gasteiger partial charge in [0, 0.05) is 5.82 Å². The fourth-order valence-electron chi connectivity index (χ4n) is 1.92. The minimum absolute atomic E-state index is 0.144. The van der Waals surface area contributed by atoms with Crippen molar-refractivity contribution < 1.29 is 32.1 Å². The second-order valence-corrected chi connectivity index (χ2v) is 4.57. The quantitative estimate of drug-likeness (QED) is 0.644. The third-order valence-corrected chi connectivity index (χ3v) is 2.90. The van der Waals surface area contributed by atoms with Crippen LogP contribution in [0.3, 0.4) is 0 Å². The van der Waals surface area contributed by atoms with Crippen molar-refractivity contribution in [2.75, 3.05) is 20.1 Å². The maximum absolute atomic E-state index is 12.4. The number of rotatable bonds is 1. The molecule has 0 aromatic heterocycles. The molecular weight excluding hydrogens is 254 g/mol. The van der Waals surface area contributed by atoms with Crippen molar-refractivity contribution in [2.45, 2.75) is 18.4 Å². The van der Waals surface area contributed by atoms with E-state index in [0.29, 0.717) is 0 Å². The molecule has 2 atom stereocenters. The zero-order chi connectivity index (χ0) is 13.5. The highest BCUT2D eigenvalue weighted by atomic mass is 19.4. The lowest BCUT2D eigenvalue weighted by Crippen LogP contribution is -2.43. The van der Waals surface area contributed by atoms with Crippen LogP contribution < -0.4 is 0 Å². The van der Waals surface area contributed by atoms with E-state index in [1.54, 1.807) is 0 Å². The van der Waals surface area contributed by atoms with Gasteiger partial charge in [0.15, 0.2) is 0 Å². The predicted octanol–water partition coefficient (Wildman–Crippen LogP) is 0.459. The van der Waals surface area contributed by atoms with Crippen molar-refractivity contribution in [2.24, 2.45) is 5.92 Å². The van der Waals surface area contributed by atoms with Crippen LogP contribution >= 0.6 is 0 Å². The molecule has 0 bridgehead atoms. The molecule has 1 saturated carbocycles. The number of hydrogen-bond acceptors (Lipinski definition) is 5. The highest BCUT2D eigenvalue weighted by molar-refractivity contribution is 6.52. The number of likely N-dealkylation sites (N-methyl/N-ethyl adjacent to an activating group) is 1. The van der Waals surface area contributed by atoms with Gasteiger partial charge in [-0.3, -0.25) is 14.5 Å². The van der Waals surface area contributed by atoms with E-state index >= 15 is 0 Å². The topological polar surface area (TPSA) is 55.8 Å². The van der Waals surface area contributed by atoms with E-state index in [1.165, 1.54) is 11.9 Å². The number of nitrogens with zero attached hydrogens (tertiary/aromatic N) is 1. The van der Waals surface area contributed by atoms with Gasteiger partial charge < -0.3 is 9.31 Å². The molecule has 0 spiro atoms. The van der Waals surface area contributed by atoms with Gasteiger partial charge in [0.25, 0.3) is 0 Å². The Balaban J connectivity index is 2.00. The molecule has 0 radical (unpaired) electrons. The van der Waals surface area contributed by atoms with E-state index in [2.05, 4.69) is 0 Å². The average molecular weight is 265 g/mol. The van der Waals surface area contributed by atoms with Crippen LogP contribution in [0.4, 0.5) is 13.2 Å². The van der Waals surface area contributed by atoms with Crippen molar-refractivity contribution in [3.05, 3.63) is 0 Å². The van der Waals surface area contributed by atoms with Gasteiger partial charge in [-0.25, -0.2) is 0 Å². The molecule has 2 fully saturated rings. The maximum atomic E-state index is 12.4. The Morgan fingerprint density at radius 3 is 2.11 bits per heavy atom. The fourth-order valence-corrected chi connectivity index (χ4v) is 1.92. The normalized spacial score (nSPS) is 30.3. The maximum Gasteiger partial charge on any atom is 0.602 e. The molecule has 2 aliphatic rings. The van der Waals surface area contributed by atoms with Crippen LogP contribution in [0.5, 0.6) is 0 Å². The van der Waals surface area contributed by atoms with E-state index in [1.807, 2.05) is 0 Å². The summed E-state index contributed by atoms with van der Waals surface area (Å²) in [5.41, 5.74) is 0. The van der Waals surface area contributed by atoms with Crippen LogP contribution in [-0.4, -0.2) is 50.3 Å². The van der Waals surface area contributed by atoms with Crippen molar-refractivity contribution >= 4 is 19.1 Å². The molecule has 0 aromatic carbocycles. The van der Waals surface area contributed by atoms with Crippen molar-refractivity contribution in [1.82, 2.24) is 4.90 Å². The molecule has 1 aliphatic heterocycles.